The van der Waals surface area contributed by atoms with Gasteiger partial charge in [-0.05, 0) is 43.7 Å². The monoisotopic (exact) mass is 389 g/mol. The number of amides is 2. The van der Waals surface area contributed by atoms with Crippen LogP contribution in [0, 0.1) is 0 Å². The van der Waals surface area contributed by atoms with Crippen molar-refractivity contribution in [3.8, 4) is 0 Å². The van der Waals surface area contributed by atoms with Crippen LogP contribution in [-0.2, 0) is 11.8 Å². The first-order chi connectivity index (χ1) is 13.0. The summed E-state index contributed by atoms with van der Waals surface area (Å²) in [4.78, 5) is 30.7. The molecular formula is C19H24ClN5O2. The second-order valence-corrected chi connectivity index (χ2v) is 7.11. The Balaban J connectivity index is 1.72. The molecule has 2 aromatic rings. The van der Waals surface area contributed by atoms with E-state index in [-0.39, 0.29) is 24.4 Å². The first-order valence-electron chi connectivity index (χ1n) is 9.02. The van der Waals surface area contributed by atoms with Crippen LogP contribution in [0.2, 0.25) is 5.02 Å². The van der Waals surface area contributed by atoms with E-state index in [0.29, 0.717) is 16.5 Å². The summed E-state index contributed by atoms with van der Waals surface area (Å²) in [6, 6.07) is 7.29. The molecule has 0 aromatic carbocycles. The average Bonchev–Trinajstić information content (AvgIpc) is 3.04. The van der Waals surface area contributed by atoms with E-state index in [1.165, 1.54) is 6.20 Å². The van der Waals surface area contributed by atoms with Crippen LogP contribution in [-0.4, -0.2) is 46.4 Å². The maximum Gasteiger partial charge on any atom is 0.267 e. The van der Waals surface area contributed by atoms with Gasteiger partial charge in [-0.2, -0.15) is 0 Å². The molecule has 2 amide bonds. The number of piperidine rings is 1. The SMILES string of the molecule is CNC(=O)c1ccc(C2CCCCN2CC(=O)Nc2ccc(Cl)cn2)n1C. The third-order valence-corrected chi connectivity index (χ3v) is 5.14. The number of carbonyl (C=O) groups is 2. The van der Waals surface area contributed by atoms with Crippen molar-refractivity contribution >= 4 is 29.2 Å². The molecule has 1 fully saturated rings. The minimum atomic E-state index is -0.113. The van der Waals surface area contributed by atoms with Gasteiger partial charge in [-0.3, -0.25) is 14.5 Å². The lowest BCUT2D eigenvalue weighted by molar-refractivity contribution is -0.118. The Labute approximate surface area is 163 Å². The lowest BCUT2D eigenvalue weighted by Gasteiger charge is -2.35. The molecular weight excluding hydrogens is 366 g/mol. The lowest BCUT2D eigenvalue weighted by atomic mass is 9.99. The zero-order valence-electron chi connectivity index (χ0n) is 15.5. The molecule has 0 aliphatic carbocycles. The summed E-state index contributed by atoms with van der Waals surface area (Å²) < 4.78 is 1.92. The fourth-order valence-electron chi connectivity index (χ4n) is 3.55. The number of halogens is 1. The summed E-state index contributed by atoms with van der Waals surface area (Å²) in [6.07, 6.45) is 4.61. The first kappa shape index (κ1) is 19.4. The Bertz CT molecular complexity index is 818. The second kappa shape index (κ2) is 8.54. The average molecular weight is 390 g/mol. The number of nitrogens with one attached hydrogen (secondary N) is 2. The third-order valence-electron chi connectivity index (χ3n) is 4.92. The van der Waals surface area contributed by atoms with E-state index in [2.05, 4.69) is 20.5 Å². The summed E-state index contributed by atoms with van der Waals surface area (Å²) >= 11 is 5.83. The van der Waals surface area contributed by atoms with Gasteiger partial charge < -0.3 is 15.2 Å². The van der Waals surface area contributed by atoms with Crippen LogP contribution in [0.4, 0.5) is 5.82 Å². The molecule has 0 saturated carbocycles. The van der Waals surface area contributed by atoms with Crippen molar-refractivity contribution in [3.63, 3.8) is 0 Å². The van der Waals surface area contributed by atoms with Gasteiger partial charge in [-0.1, -0.05) is 18.0 Å². The van der Waals surface area contributed by atoms with Gasteiger partial charge in [0.15, 0.2) is 0 Å². The summed E-state index contributed by atoms with van der Waals surface area (Å²) in [7, 11) is 3.52. The zero-order valence-corrected chi connectivity index (χ0v) is 16.3. The van der Waals surface area contributed by atoms with Crippen molar-refractivity contribution in [1.82, 2.24) is 19.8 Å². The fraction of sp³-hybridized carbons (Fsp3) is 0.421. The number of hydrogen-bond acceptors (Lipinski definition) is 4. The van der Waals surface area contributed by atoms with Gasteiger partial charge in [0, 0.05) is 26.0 Å². The van der Waals surface area contributed by atoms with E-state index in [4.69, 9.17) is 11.6 Å². The van der Waals surface area contributed by atoms with Crippen LogP contribution >= 0.6 is 11.6 Å². The lowest BCUT2D eigenvalue weighted by Crippen LogP contribution is -2.40. The molecule has 0 radical (unpaired) electrons. The van der Waals surface area contributed by atoms with Gasteiger partial charge in [0.25, 0.3) is 5.91 Å². The van der Waals surface area contributed by atoms with Gasteiger partial charge in [0.1, 0.15) is 11.5 Å². The first-order valence-corrected chi connectivity index (χ1v) is 9.40. The smallest absolute Gasteiger partial charge is 0.267 e. The molecule has 8 heteroatoms. The van der Waals surface area contributed by atoms with Crippen molar-refractivity contribution in [2.75, 3.05) is 25.5 Å². The van der Waals surface area contributed by atoms with E-state index in [1.807, 2.05) is 23.7 Å². The number of nitrogens with zero attached hydrogens (tertiary/aromatic N) is 3. The van der Waals surface area contributed by atoms with Crippen molar-refractivity contribution in [2.24, 2.45) is 7.05 Å². The second-order valence-electron chi connectivity index (χ2n) is 6.67. The van der Waals surface area contributed by atoms with Crippen molar-refractivity contribution < 1.29 is 9.59 Å². The topological polar surface area (TPSA) is 79.3 Å². The number of anilines is 1. The number of likely N-dealkylation sites (tertiary alicyclic amines) is 1. The Morgan fingerprint density at radius 1 is 1.26 bits per heavy atom. The van der Waals surface area contributed by atoms with Gasteiger partial charge in [-0.15, -0.1) is 0 Å². The number of carbonyl (C=O) groups excluding carboxylic acids is 2. The Morgan fingerprint density at radius 3 is 2.78 bits per heavy atom. The molecule has 3 rings (SSSR count). The van der Waals surface area contributed by atoms with Gasteiger partial charge >= 0.3 is 0 Å². The maximum absolute atomic E-state index is 12.5. The highest BCUT2D eigenvalue weighted by Gasteiger charge is 2.28. The highest BCUT2D eigenvalue weighted by molar-refractivity contribution is 6.30. The predicted octanol–water partition coefficient (Wildman–Crippen LogP) is 2.60. The molecule has 27 heavy (non-hydrogen) atoms. The van der Waals surface area contributed by atoms with E-state index < -0.39 is 0 Å². The van der Waals surface area contributed by atoms with Crippen LogP contribution in [0.15, 0.2) is 30.5 Å². The van der Waals surface area contributed by atoms with E-state index in [1.54, 1.807) is 19.2 Å². The van der Waals surface area contributed by atoms with Crippen molar-refractivity contribution in [1.29, 1.82) is 0 Å². The molecule has 1 unspecified atom stereocenters. The van der Waals surface area contributed by atoms with Crippen molar-refractivity contribution in [3.05, 3.63) is 46.9 Å². The number of aromatic nitrogens is 2. The molecule has 0 bridgehead atoms. The summed E-state index contributed by atoms with van der Waals surface area (Å²) in [5.74, 6) is 0.258. The van der Waals surface area contributed by atoms with Crippen LogP contribution in [0.3, 0.4) is 0 Å². The molecule has 3 heterocycles. The quantitative estimate of drug-likeness (QED) is 0.823. The highest BCUT2D eigenvalue weighted by atomic mass is 35.5. The van der Waals surface area contributed by atoms with E-state index >= 15 is 0 Å². The van der Waals surface area contributed by atoms with Gasteiger partial charge in [-0.25, -0.2) is 4.98 Å². The fourth-order valence-corrected chi connectivity index (χ4v) is 3.66. The van der Waals surface area contributed by atoms with E-state index in [0.717, 1.165) is 31.5 Å². The zero-order chi connectivity index (χ0) is 19.4. The minimum absolute atomic E-state index is 0.103. The van der Waals surface area contributed by atoms with Crippen molar-refractivity contribution in [2.45, 2.75) is 25.3 Å². The van der Waals surface area contributed by atoms with Crippen LogP contribution in [0.1, 0.15) is 41.5 Å². The Kier molecular flexibility index (Phi) is 6.13. The van der Waals surface area contributed by atoms with Gasteiger partial charge in [0.05, 0.1) is 17.6 Å². The normalized spacial score (nSPS) is 17.5. The number of pyridine rings is 1. The molecule has 7 nitrogen and oxygen atoms in total. The molecule has 1 atom stereocenters. The summed E-state index contributed by atoms with van der Waals surface area (Å²) in [5.41, 5.74) is 1.67. The summed E-state index contributed by atoms with van der Waals surface area (Å²) in [6.45, 7) is 1.11. The minimum Gasteiger partial charge on any atom is -0.354 e. The summed E-state index contributed by atoms with van der Waals surface area (Å²) in [5, 5.41) is 6.00. The molecule has 1 aliphatic rings. The Morgan fingerprint density at radius 2 is 2.07 bits per heavy atom. The van der Waals surface area contributed by atoms with Crippen LogP contribution < -0.4 is 10.6 Å². The molecule has 1 saturated heterocycles. The van der Waals surface area contributed by atoms with E-state index in [9.17, 15) is 9.59 Å². The third kappa shape index (κ3) is 4.48. The largest absolute Gasteiger partial charge is 0.354 e. The van der Waals surface area contributed by atoms with Crippen LogP contribution in [0.5, 0.6) is 0 Å². The van der Waals surface area contributed by atoms with Gasteiger partial charge in [0.2, 0.25) is 5.91 Å². The number of hydrogen-bond donors (Lipinski definition) is 2. The molecule has 2 aromatic heterocycles. The Hall–Kier alpha value is -2.38. The maximum atomic E-state index is 12.5. The molecule has 0 spiro atoms. The molecule has 144 valence electrons. The standard InChI is InChI=1S/C19H24ClN5O2/c1-21-19(27)16-8-7-14(24(16)2)15-5-3-4-10-25(15)12-18(26)23-17-9-6-13(20)11-22-17/h6-9,11,15H,3-5,10,12H2,1-2H3,(H,21,27)(H,22,23,26). The predicted molar refractivity (Wildman–Crippen MR) is 105 cm³/mol. The molecule has 2 N–H and O–H groups in total. The highest BCUT2D eigenvalue weighted by Crippen LogP contribution is 2.31. The number of rotatable bonds is 5. The molecule has 1 aliphatic heterocycles. The van der Waals surface area contributed by atoms with Crippen LogP contribution in [0.25, 0.3) is 0 Å².